The summed E-state index contributed by atoms with van der Waals surface area (Å²) in [6.07, 6.45) is 47.1. The van der Waals surface area contributed by atoms with Crippen molar-refractivity contribution in [1.82, 2.24) is 5.32 Å². The Morgan fingerprint density at radius 3 is 1.43 bits per heavy atom. The molecule has 0 aromatic carbocycles. The number of allylic oxidation sites excluding steroid dienone is 7. The molecule has 0 saturated carbocycles. The molecule has 3 unspecified atom stereocenters. The molecule has 0 aliphatic carbocycles. The van der Waals surface area contributed by atoms with Crippen LogP contribution in [0, 0.1) is 0 Å². The molecule has 0 heterocycles. The number of aliphatic hydroxyl groups is 3. The number of hydrogen-bond acceptors (Lipinski definition) is 4. The van der Waals surface area contributed by atoms with Crippen LogP contribution in [0.15, 0.2) is 48.6 Å². The van der Waals surface area contributed by atoms with E-state index >= 15 is 0 Å². The van der Waals surface area contributed by atoms with Crippen molar-refractivity contribution in [1.29, 1.82) is 0 Å². The second-order valence-electron chi connectivity index (χ2n) is 13.5. The van der Waals surface area contributed by atoms with Crippen LogP contribution < -0.4 is 5.32 Å². The van der Waals surface area contributed by atoms with E-state index in [1.807, 2.05) is 6.08 Å². The molecule has 0 aliphatic heterocycles. The molecule has 0 bridgehead atoms. The summed E-state index contributed by atoms with van der Waals surface area (Å²) in [5.41, 5.74) is 0. The first-order valence-corrected chi connectivity index (χ1v) is 20.0. The molecule has 0 aromatic heterocycles. The molecule has 4 N–H and O–H groups in total. The van der Waals surface area contributed by atoms with Crippen molar-refractivity contribution in [3.63, 3.8) is 0 Å². The Kier molecular flexibility index (Phi) is 35.8. The zero-order chi connectivity index (χ0) is 34.5. The Morgan fingerprint density at radius 1 is 0.532 bits per heavy atom. The third-order valence-corrected chi connectivity index (χ3v) is 8.89. The predicted octanol–water partition coefficient (Wildman–Crippen LogP) is 11.0. The molecule has 0 aromatic rings. The summed E-state index contributed by atoms with van der Waals surface area (Å²) in [4.78, 5) is 12.4. The van der Waals surface area contributed by atoms with Gasteiger partial charge in [0.1, 0.15) is 6.10 Å². The van der Waals surface area contributed by atoms with E-state index in [1.165, 1.54) is 116 Å². The highest BCUT2D eigenvalue weighted by Crippen LogP contribution is 2.13. The topological polar surface area (TPSA) is 89.8 Å². The second kappa shape index (κ2) is 37.1. The number of carbonyl (C=O) groups is 1. The Balaban J connectivity index is 3.74. The van der Waals surface area contributed by atoms with Gasteiger partial charge in [-0.15, -0.1) is 0 Å². The van der Waals surface area contributed by atoms with Crippen molar-refractivity contribution < 1.29 is 20.1 Å². The molecule has 0 aliphatic rings. The molecule has 1 amide bonds. The maximum Gasteiger partial charge on any atom is 0.249 e. The molecular formula is C42H77NO4. The van der Waals surface area contributed by atoms with Gasteiger partial charge in [-0.25, -0.2) is 0 Å². The molecule has 3 atom stereocenters. The van der Waals surface area contributed by atoms with Crippen molar-refractivity contribution in [2.24, 2.45) is 0 Å². The van der Waals surface area contributed by atoms with Crippen molar-refractivity contribution >= 4 is 5.91 Å². The Bertz CT molecular complexity index is 775. The molecule has 0 rings (SSSR count). The van der Waals surface area contributed by atoms with Gasteiger partial charge in [0.2, 0.25) is 5.91 Å². The first-order chi connectivity index (χ1) is 23.1. The van der Waals surface area contributed by atoms with E-state index in [4.69, 9.17) is 0 Å². The highest BCUT2D eigenvalue weighted by Gasteiger charge is 2.22. The van der Waals surface area contributed by atoms with Crippen LogP contribution in [-0.2, 0) is 4.79 Å². The Labute approximate surface area is 291 Å². The van der Waals surface area contributed by atoms with Gasteiger partial charge in [0.15, 0.2) is 0 Å². The maximum atomic E-state index is 12.4. The first kappa shape index (κ1) is 45.3. The number of rotatable bonds is 35. The number of carbonyl (C=O) groups excluding carboxylic acids is 1. The minimum absolute atomic E-state index is 0.382. The van der Waals surface area contributed by atoms with Crippen molar-refractivity contribution in [2.75, 3.05) is 6.61 Å². The number of hydrogen-bond donors (Lipinski definition) is 4. The van der Waals surface area contributed by atoms with Gasteiger partial charge >= 0.3 is 0 Å². The van der Waals surface area contributed by atoms with Crippen molar-refractivity contribution in [2.45, 2.75) is 205 Å². The van der Waals surface area contributed by atoms with Gasteiger partial charge in [0.05, 0.1) is 18.8 Å². The van der Waals surface area contributed by atoms with Crippen LogP contribution in [0.1, 0.15) is 187 Å². The molecule has 0 radical (unpaired) electrons. The van der Waals surface area contributed by atoms with E-state index in [0.717, 1.165) is 51.4 Å². The summed E-state index contributed by atoms with van der Waals surface area (Å²) in [7, 11) is 0. The van der Waals surface area contributed by atoms with Crippen molar-refractivity contribution in [3.05, 3.63) is 48.6 Å². The monoisotopic (exact) mass is 660 g/mol. The first-order valence-electron chi connectivity index (χ1n) is 20.0. The van der Waals surface area contributed by atoms with Gasteiger partial charge in [-0.3, -0.25) is 4.79 Å². The lowest BCUT2D eigenvalue weighted by molar-refractivity contribution is -0.131. The van der Waals surface area contributed by atoms with E-state index in [9.17, 15) is 20.1 Å². The zero-order valence-corrected chi connectivity index (χ0v) is 30.9. The lowest BCUT2D eigenvalue weighted by Crippen LogP contribution is -2.48. The number of nitrogens with one attached hydrogen (secondary N) is 1. The number of aliphatic hydroxyl groups excluding tert-OH is 3. The molecule has 5 nitrogen and oxygen atoms in total. The van der Waals surface area contributed by atoms with E-state index in [0.29, 0.717) is 6.42 Å². The van der Waals surface area contributed by atoms with Gasteiger partial charge < -0.3 is 20.6 Å². The number of unbranched alkanes of at least 4 members (excludes halogenated alkanes) is 21. The van der Waals surface area contributed by atoms with E-state index in [2.05, 4.69) is 55.6 Å². The van der Waals surface area contributed by atoms with Crippen LogP contribution >= 0.6 is 0 Å². The van der Waals surface area contributed by atoms with Gasteiger partial charge in [0.25, 0.3) is 0 Å². The maximum absolute atomic E-state index is 12.4. The van der Waals surface area contributed by atoms with Crippen molar-refractivity contribution in [3.8, 4) is 0 Å². The predicted molar refractivity (Wildman–Crippen MR) is 204 cm³/mol. The highest BCUT2D eigenvalue weighted by atomic mass is 16.3. The molecule has 0 fully saturated rings. The van der Waals surface area contributed by atoms with E-state index < -0.39 is 24.2 Å². The van der Waals surface area contributed by atoms with Crippen LogP contribution in [0.4, 0.5) is 0 Å². The van der Waals surface area contributed by atoms with E-state index in [-0.39, 0.29) is 6.61 Å². The molecule has 47 heavy (non-hydrogen) atoms. The van der Waals surface area contributed by atoms with Crippen LogP contribution in [0.2, 0.25) is 0 Å². The minimum atomic E-state index is -1.11. The molecule has 5 heteroatoms. The zero-order valence-electron chi connectivity index (χ0n) is 30.9. The van der Waals surface area contributed by atoms with Crippen LogP contribution in [0.25, 0.3) is 0 Å². The minimum Gasteiger partial charge on any atom is -0.394 e. The van der Waals surface area contributed by atoms with Gasteiger partial charge in [0, 0.05) is 0 Å². The summed E-state index contributed by atoms with van der Waals surface area (Å²) in [6, 6.07) is -0.818. The average molecular weight is 660 g/mol. The smallest absolute Gasteiger partial charge is 0.249 e. The normalized spacial score (nSPS) is 14.2. The largest absolute Gasteiger partial charge is 0.394 e. The lowest BCUT2D eigenvalue weighted by atomic mass is 10.0. The molecule has 0 spiro atoms. The lowest BCUT2D eigenvalue weighted by Gasteiger charge is -2.21. The third-order valence-electron chi connectivity index (χ3n) is 8.89. The molecular weight excluding hydrogens is 582 g/mol. The van der Waals surface area contributed by atoms with Crippen LogP contribution in [-0.4, -0.2) is 46.1 Å². The highest BCUT2D eigenvalue weighted by molar-refractivity contribution is 5.80. The van der Waals surface area contributed by atoms with Gasteiger partial charge in [-0.2, -0.15) is 0 Å². The standard InChI is InChI=1S/C42H77NO4/c1-3-5-7-9-11-13-15-16-17-18-19-20-21-22-23-24-25-27-29-31-33-35-37-41(46)42(47)43-39(38-44)40(45)36-34-32-30-28-26-14-12-10-8-6-4-2/h19-20,22-23,26,28,34,36,39-41,44-46H,3-18,21,24-25,27,29-33,35,37-38H2,1-2H3,(H,43,47)/b20-19-,23-22-,28-26+,36-34+. The fourth-order valence-electron chi connectivity index (χ4n) is 5.70. The number of amides is 1. The fraction of sp³-hybridized carbons (Fsp3) is 0.786. The molecule has 0 saturated heterocycles. The van der Waals surface area contributed by atoms with E-state index in [1.54, 1.807) is 6.08 Å². The second-order valence-corrected chi connectivity index (χ2v) is 13.5. The SMILES string of the molecule is CCCCCCC/C=C/CC/C=C/C(O)C(CO)NC(=O)C(O)CCCCCCCC/C=C\C/C=C\CCCCCCCCCCC. The Morgan fingerprint density at radius 2 is 0.936 bits per heavy atom. The third kappa shape index (κ3) is 32.6. The quantitative estimate of drug-likeness (QED) is 0.0402. The average Bonchev–Trinajstić information content (AvgIpc) is 3.07. The van der Waals surface area contributed by atoms with Gasteiger partial charge in [-0.05, 0) is 64.2 Å². The van der Waals surface area contributed by atoms with Crippen LogP contribution in [0.5, 0.6) is 0 Å². The fourth-order valence-corrected chi connectivity index (χ4v) is 5.70. The molecule has 274 valence electrons. The summed E-state index contributed by atoms with van der Waals surface area (Å²) in [5, 5.41) is 32.9. The van der Waals surface area contributed by atoms with Gasteiger partial charge in [-0.1, -0.05) is 172 Å². The summed E-state index contributed by atoms with van der Waals surface area (Å²) >= 11 is 0. The van der Waals surface area contributed by atoms with Crippen LogP contribution in [0.3, 0.4) is 0 Å². The summed E-state index contributed by atoms with van der Waals surface area (Å²) in [6.45, 7) is 4.12. The Hall–Kier alpha value is -1.69. The summed E-state index contributed by atoms with van der Waals surface area (Å²) in [5.74, 6) is -0.525. The summed E-state index contributed by atoms with van der Waals surface area (Å²) < 4.78 is 0.